The zero-order chi connectivity index (χ0) is 28.9. The Labute approximate surface area is 231 Å². The molecule has 216 valence electrons. The van der Waals surface area contributed by atoms with Crippen molar-refractivity contribution in [3.63, 3.8) is 0 Å². The number of aliphatic carboxylic acids is 1. The molecule has 1 aliphatic heterocycles. The monoisotopic (exact) mass is 565 g/mol. The van der Waals surface area contributed by atoms with Crippen LogP contribution < -0.4 is 27.8 Å². The van der Waals surface area contributed by atoms with E-state index < -0.39 is 47.9 Å². The molecule has 0 radical (unpaired) electrons. The minimum Gasteiger partial charge on any atom is -0.508 e. The Morgan fingerprint density at radius 1 is 1.13 bits per heavy atom. The standard InChI is InChI=1S/C25H39N7O6S/c1-39-13-10-18(30-21(34)17(26)4-2-11-29-25(27)28)23(36)32-12-3-5-20(32)22(35)31-19(24(37)38)14-15-6-8-16(33)9-7-15/h6-9,17-20,33H,2-5,10-14,26H2,1H3,(H,30,34)(H,31,35)(H,37,38)(H4,27,28,29). The molecule has 3 amide bonds. The maximum Gasteiger partial charge on any atom is 0.326 e. The predicted octanol–water partition coefficient (Wildman–Crippen LogP) is -0.886. The van der Waals surface area contributed by atoms with Crippen LogP contribution in [0.1, 0.15) is 37.7 Å². The summed E-state index contributed by atoms with van der Waals surface area (Å²) < 4.78 is 0. The number of amides is 3. The van der Waals surface area contributed by atoms with Gasteiger partial charge >= 0.3 is 5.97 Å². The number of phenols is 1. The zero-order valence-corrected chi connectivity index (χ0v) is 22.9. The summed E-state index contributed by atoms with van der Waals surface area (Å²) in [5, 5.41) is 24.4. The van der Waals surface area contributed by atoms with Gasteiger partial charge in [0.1, 0.15) is 23.9 Å². The fraction of sp³-hybridized carbons (Fsp3) is 0.560. The van der Waals surface area contributed by atoms with Crippen molar-refractivity contribution >= 4 is 41.4 Å². The van der Waals surface area contributed by atoms with E-state index in [2.05, 4.69) is 15.6 Å². The number of hydrogen-bond acceptors (Lipinski definition) is 8. The number of aromatic hydroxyl groups is 1. The molecular formula is C25H39N7O6S. The van der Waals surface area contributed by atoms with Crippen molar-refractivity contribution in [2.24, 2.45) is 22.2 Å². The predicted molar refractivity (Wildman–Crippen MR) is 149 cm³/mol. The molecule has 0 aromatic heterocycles. The lowest BCUT2D eigenvalue weighted by molar-refractivity contribution is -0.145. The Balaban J connectivity index is 2.05. The van der Waals surface area contributed by atoms with E-state index in [0.29, 0.717) is 56.5 Å². The van der Waals surface area contributed by atoms with Crippen LogP contribution in [0, 0.1) is 0 Å². The Bertz CT molecular complexity index is 1020. The van der Waals surface area contributed by atoms with Crippen molar-refractivity contribution in [2.75, 3.05) is 25.1 Å². The Hall–Kier alpha value is -3.52. The highest BCUT2D eigenvalue weighted by Crippen LogP contribution is 2.21. The summed E-state index contributed by atoms with van der Waals surface area (Å²) in [7, 11) is 0. The quantitative estimate of drug-likeness (QED) is 0.0788. The van der Waals surface area contributed by atoms with Gasteiger partial charge in [-0.1, -0.05) is 12.1 Å². The molecule has 4 atom stereocenters. The van der Waals surface area contributed by atoms with E-state index in [-0.39, 0.29) is 18.1 Å². The van der Waals surface area contributed by atoms with Gasteiger partial charge in [0.2, 0.25) is 17.7 Å². The van der Waals surface area contributed by atoms with Crippen molar-refractivity contribution in [1.82, 2.24) is 15.5 Å². The molecule has 0 saturated carbocycles. The summed E-state index contributed by atoms with van der Waals surface area (Å²) in [6, 6.07) is 2.20. The summed E-state index contributed by atoms with van der Waals surface area (Å²) in [5.41, 5.74) is 17.2. The third-order valence-corrected chi connectivity index (χ3v) is 7.00. The number of carbonyl (C=O) groups excluding carboxylic acids is 3. The largest absolute Gasteiger partial charge is 0.508 e. The van der Waals surface area contributed by atoms with Gasteiger partial charge in [-0.25, -0.2) is 4.79 Å². The second-order valence-corrected chi connectivity index (χ2v) is 10.3. The summed E-state index contributed by atoms with van der Waals surface area (Å²) in [6.45, 7) is 0.635. The number of nitrogens with zero attached hydrogens (tertiary/aromatic N) is 2. The van der Waals surface area contributed by atoms with Crippen LogP contribution in [0.5, 0.6) is 5.75 Å². The number of nitrogens with one attached hydrogen (secondary N) is 2. The second-order valence-electron chi connectivity index (χ2n) is 9.36. The SMILES string of the molecule is CSCCC(NC(=O)C(N)CCCN=C(N)N)C(=O)N1CCCC1C(=O)NC(Cc1ccc(O)cc1)C(=O)O. The van der Waals surface area contributed by atoms with Crippen molar-refractivity contribution in [1.29, 1.82) is 0 Å². The van der Waals surface area contributed by atoms with Crippen molar-refractivity contribution in [3.05, 3.63) is 29.8 Å². The molecule has 14 heteroatoms. The number of rotatable bonds is 15. The van der Waals surface area contributed by atoms with Crippen LogP contribution in [0.2, 0.25) is 0 Å². The minimum absolute atomic E-state index is 0.00942. The molecule has 4 unspecified atom stereocenters. The first-order valence-electron chi connectivity index (χ1n) is 12.7. The van der Waals surface area contributed by atoms with E-state index in [4.69, 9.17) is 17.2 Å². The summed E-state index contributed by atoms with van der Waals surface area (Å²) in [6.07, 6.45) is 3.97. The van der Waals surface area contributed by atoms with Crippen molar-refractivity contribution in [3.8, 4) is 5.75 Å². The van der Waals surface area contributed by atoms with Crippen molar-refractivity contribution < 1.29 is 29.4 Å². The lowest BCUT2D eigenvalue weighted by atomic mass is 10.0. The average molecular weight is 566 g/mol. The van der Waals surface area contributed by atoms with E-state index in [1.165, 1.54) is 28.8 Å². The number of carboxylic acid groups (broad SMARTS) is 1. The molecule has 1 aromatic carbocycles. The summed E-state index contributed by atoms with van der Waals surface area (Å²) in [5.74, 6) is -2.09. The number of carbonyl (C=O) groups is 4. The van der Waals surface area contributed by atoms with Crippen molar-refractivity contribution in [2.45, 2.75) is 62.7 Å². The van der Waals surface area contributed by atoms with E-state index in [9.17, 15) is 29.4 Å². The molecule has 10 N–H and O–H groups in total. The van der Waals surface area contributed by atoms with Gasteiger partial charge in [-0.15, -0.1) is 0 Å². The molecule has 1 saturated heterocycles. The molecule has 13 nitrogen and oxygen atoms in total. The summed E-state index contributed by atoms with van der Waals surface area (Å²) in [4.78, 5) is 56.5. The Kier molecular flexibility index (Phi) is 12.8. The number of guanidine groups is 1. The Morgan fingerprint density at radius 2 is 1.82 bits per heavy atom. The highest BCUT2D eigenvalue weighted by Gasteiger charge is 2.39. The Morgan fingerprint density at radius 3 is 2.44 bits per heavy atom. The molecule has 0 spiro atoms. The van der Waals surface area contributed by atoms with E-state index in [0.717, 1.165) is 0 Å². The smallest absolute Gasteiger partial charge is 0.326 e. The minimum atomic E-state index is -1.22. The fourth-order valence-electron chi connectivity index (χ4n) is 4.26. The normalized spacial score (nSPS) is 17.1. The zero-order valence-electron chi connectivity index (χ0n) is 22.0. The number of phenolic OH excluding ortho intramolecular Hbond substituents is 1. The van der Waals surface area contributed by atoms with Crippen LogP contribution in [0.3, 0.4) is 0 Å². The maximum absolute atomic E-state index is 13.5. The van der Waals surface area contributed by atoms with E-state index in [1.807, 2.05) is 6.26 Å². The van der Waals surface area contributed by atoms with E-state index >= 15 is 0 Å². The number of hydrogen-bond donors (Lipinski definition) is 7. The van der Waals surface area contributed by atoms with Crippen LogP contribution >= 0.6 is 11.8 Å². The van der Waals surface area contributed by atoms with Crippen LogP contribution in [-0.4, -0.2) is 94.0 Å². The molecule has 1 heterocycles. The van der Waals surface area contributed by atoms with Gasteiger partial charge in [-0.05, 0) is 61.8 Å². The molecule has 0 bridgehead atoms. The number of thioether (sulfide) groups is 1. The number of benzene rings is 1. The first-order valence-corrected chi connectivity index (χ1v) is 14.1. The summed E-state index contributed by atoms with van der Waals surface area (Å²) >= 11 is 1.51. The number of carboxylic acids is 1. The molecule has 1 aliphatic rings. The molecule has 1 aromatic rings. The van der Waals surface area contributed by atoms with Crippen LogP contribution in [0.4, 0.5) is 0 Å². The molecule has 2 rings (SSSR count). The number of aliphatic imine (C=N–C) groups is 1. The van der Waals surface area contributed by atoms with Gasteiger partial charge in [0.25, 0.3) is 0 Å². The van der Waals surface area contributed by atoms with Crippen LogP contribution in [0.25, 0.3) is 0 Å². The first-order chi connectivity index (χ1) is 18.5. The molecule has 39 heavy (non-hydrogen) atoms. The molecule has 0 aliphatic carbocycles. The van der Waals surface area contributed by atoms with Gasteiger partial charge in [0.05, 0.1) is 6.04 Å². The lowest BCUT2D eigenvalue weighted by Gasteiger charge is -2.30. The second kappa shape index (κ2) is 15.8. The maximum atomic E-state index is 13.5. The first kappa shape index (κ1) is 31.7. The highest BCUT2D eigenvalue weighted by molar-refractivity contribution is 7.98. The number of nitrogens with two attached hydrogens (primary N) is 3. The van der Waals surface area contributed by atoms with Gasteiger partial charge in [0, 0.05) is 19.5 Å². The lowest BCUT2D eigenvalue weighted by Crippen LogP contribution is -2.57. The highest BCUT2D eigenvalue weighted by atomic mass is 32.2. The van der Waals surface area contributed by atoms with Crippen LogP contribution in [-0.2, 0) is 25.6 Å². The topological polar surface area (TPSA) is 226 Å². The molecule has 1 fully saturated rings. The third kappa shape index (κ3) is 10.3. The van der Waals surface area contributed by atoms with E-state index in [1.54, 1.807) is 12.1 Å². The van der Waals surface area contributed by atoms with Gasteiger partial charge in [0.15, 0.2) is 5.96 Å². The van der Waals surface area contributed by atoms with Gasteiger partial charge in [-0.3, -0.25) is 19.4 Å². The van der Waals surface area contributed by atoms with Gasteiger partial charge < -0.3 is 42.9 Å². The number of likely N-dealkylation sites (tertiary alicyclic amines) is 1. The fourth-order valence-corrected chi connectivity index (χ4v) is 4.73. The van der Waals surface area contributed by atoms with Gasteiger partial charge in [-0.2, -0.15) is 11.8 Å². The molecular weight excluding hydrogens is 526 g/mol. The average Bonchev–Trinajstić information content (AvgIpc) is 3.39. The third-order valence-electron chi connectivity index (χ3n) is 6.36. The van der Waals surface area contributed by atoms with Crippen LogP contribution in [0.15, 0.2) is 29.3 Å².